The third-order valence-electron chi connectivity index (χ3n) is 17.5. The zero-order chi connectivity index (χ0) is 38.2. The predicted octanol–water partition coefficient (Wildman–Crippen LogP) is 8.82. The minimum absolute atomic E-state index is 0.0240. The van der Waals surface area contributed by atoms with Crippen LogP contribution in [0.2, 0.25) is 0 Å². The molecule has 1 aliphatic heterocycles. The van der Waals surface area contributed by atoms with Gasteiger partial charge in [-0.3, -0.25) is 0 Å². The van der Waals surface area contributed by atoms with Gasteiger partial charge in [0, 0.05) is 31.7 Å². The fraction of sp³-hybridized carbons (Fsp3) is 0.800. The van der Waals surface area contributed by atoms with Gasteiger partial charge in [0.25, 0.3) is 0 Å². The van der Waals surface area contributed by atoms with E-state index < -0.39 is 16.0 Å². The molecule has 6 aliphatic rings. The van der Waals surface area contributed by atoms with Gasteiger partial charge >= 0.3 is 5.97 Å². The number of allylic oxidation sites excluding steroid dienone is 2. The maximum atomic E-state index is 12.2. The molecule has 4 saturated carbocycles. The number of aromatic carboxylic acids is 1. The number of carboxylic acid groups (broad SMARTS) is 1. The van der Waals surface area contributed by atoms with E-state index in [-0.39, 0.29) is 16.4 Å². The Bertz CT molecular complexity index is 1660. The molecule has 2 N–H and O–H groups in total. The largest absolute Gasteiger partial charge is 0.478 e. The van der Waals surface area contributed by atoms with Crippen LogP contribution in [0.3, 0.4) is 0 Å². The lowest BCUT2D eigenvalue weighted by atomic mass is 9.33. The van der Waals surface area contributed by atoms with Crippen molar-refractivity contribution < 1.29 is 18.3 Å². The average Bonchev–Trinajstić information content (AvgIpc) is 3.45. The molecule has 0 radical (unpaired) electrons. The second-order valence-electron chi connectivity index (χ2n) is 20.4. The van der Waals surface area contributed by atoms with E-state index in [1.807, 2.05) is 12.1 Å². The highest BCUT2D eigenvalue weighted by molar-refractivity contribution is 7.88. The number of nitrogens with zero attached hydrogens (tertiary/aromatic N) is 2. The highest BCUT2D eigenvalue weighted by Crippen LogP contribution is 2.76. The maximum absolute atomic E-state index is 12.2. The molecule has 4 unspecified atom stereocenters. The Labute approximate surface area is 322 Å². The van der Waals surface area contributed by atoms with Crippen LogP contribution in [0.5, 0.6) is 0 Å². The SMILES string of the molecule is CC(C)[C@@H]1CCC2(NCCN3CCCN(S(C)(=O)=O)CCC3)CC[C@]3(C)C(CC[C@H]4C3(C)CC[C@H]3C(C)(C)C(c5ccc(C(=O)O)cc5)=CC[C@@]34C)C12. The third kappa shape index (κ3) is 6.49. The summed E-state index contributed by atoms with van der Waals surface area (Å²) in [6.45, 7) is 23.4. The van der Waals surface area contributed by atoms with Crippen LogP contribution in [-0.2, 0) is 10.0 Å². The maximum Gasteiger partial charge on any atom is 0.335 e. The molecular formula is C45H71N3O4S. The van der Waals surface area contributed by atoms with E-state index in [1.54, 1.807) is 16.4 Å². The molecule has 5 fully saturated rings. The van der Waals surface area contributed by atoms with Crippen LogP contribution in [0.15, 0.2) is 30.3 Å². The summed E-state index contributed by atoms with van der Waals surface area (Å²) in [5.74, 6) is 3.39. The van der Waals surface area contributed by atoms with Crippen molar-refractivity contribution in [3.05, 3.63) is 41.5 Å². The summed E-state index contributed by atoms with van der Waals surface area (Å²) in [4.78, 5) is 14.2. The lowest BCUT2D eigenvalue weighted by Gasteiger charge is -2.72. The quantitative estimate of drug-likeness (QED) is 0.276. The van der Waals surface area contributed by atoms with Crippen LogP contribution in [-0.4, -0.2) is 79.8 Å². The first-order valence-corrected chi connectivity index (χ1v) is 23.2. The van der Waals surface area contributed by atoms with E-state index >= 15 is 0 Å². The van der Waals surface area contributed by atoms with Gasteiger partial charge in [0.1, 0.15) is 0 Å². The molecule has 1 aromatic carbocycles. The number of hydrogen-bond donors (Lipinski definition) is 2. The lowest BCUT2D eigenvalue weighted by Crippen LogP contribution is -2.68. The monoisotopic (exact) mass is 750 g/mol. The highest BCUT2D eigenvalue weighted by atomic mass is 32.2. The molecule has 0 bridgehead atoms. The second kappa shape index (κ2) is 14.0. The summed E-state index contributed by atoms with van der Waals surface area (Å²) in [6.07, 6.45) is 17.4. The van der Waals surface area contributed by atoms with Gasteiger partial charge in [-0.2, -0.15) is 0 Å². The Hall–Kier alpha value is -1.74. The Balaban J connectivity index is 1.10. The average molecular weight is 750 g/mol. The smallest absolute Gasteiger partial charge is 0.335 e. The van der Waals surface area contributed by atoms with Crippen molar-refractivity contribution in [1.82, 2.24) is 14.5 Å². The van der Waals surface area contributed by atoms with Crippen molar-refractivity contribution in [2.24, 2.45) is 57.2 Å². The zero-order valence-electron chi connectivity index (χ0n) is 34.3. The number of nitrogens with one attached hydrogen (secondary N) is 1. The number of carbonyl (C=O) groups is 1. The molecule has 1 aromatic rings. The summed E-state index contributed by atoms with van der Waals surface area (Å²) in [6, 6.07) is 7.63. The van der Waals surface area contributed by atoms with Crippen LogP contribution < -0.4 is 5.32 Å². The van der Waals surface area contributed by atoms with Gasteiger partial charge in [0.2, 0.25) is 10.0 Å². The Morgan fingerprint density at radius 3 is 2.17 bits per heavy atom. The third-order valence-corrected chi connectivity index (χ3v) is 18.8. The van der Waals surface area contributed by atoms with Crippen molar-refractivity contribution in [3.63, 3.8) is 0 Å². The minimum Gasteiger partial charge on any atom is -0.478 e. The van der Waals surface area contributed by atoms with Gasteiger partial charge in [0.15, 0.2) is 0 Å². The van der Waals surface area contributed by atoms with Crippen LogP contribution in [0.25, 0.3) is 5.57 Å². The van der Waals surface area contributed by atoms with Crippen molar-refractivity contribution >= 4 is 21.6 Å². The molecule has 1 saturated heterocycles. The van der Waals surface area contributed by atoms with E-state index in [0.717, 1.165) is 63.2 Å². The Morgan fingerprint density at radius 2 is 1.55 bits per heavy atom. The van der Waals surface area contributed by atoms with Crippen molar-refractivity contribution in [1.29, 1.82) is 0 Å². The minimum atomic E-state index is -3.11. The predicted molar refractivity (Wildman–Crippen MR) is 216 cm³/mol. The highest BCUT2D eigenvalue weighted by Gasteiger charge is 2.70. The summed E-state index contributed by atoms with van der Waals surface area (Å²) in [5, 5.41) is 13.9. The van der Waals surface area contributed by atoms with E-state index in [2.05, 4.69) is 64.8 Å². The van der Waals surface area contributed by atoms with Crippen LogP contribution in [0.1, 0.15) is 135 Å². The van der Waals surface area contributed by atoms with Crippen LogP contribution >= 0.6 is 0 Å². The number of sulfonamides is 1. The first-order valence-electron chi connectivity index (χ1n) is 21.3. The molecule has 0 spiro atoms. The van der Waals surface area contributed by atoms with Crippen molar-refractivity contribution in [2.75, 3.05) is 45.5 Å². The normalized spacial score (nSPS) is 40.6. The van der Waals surface area contributed by atoms with Gasteiger partial charge in [-0.25, -0.2) is 17.5 Å². The summed E-state index contributed by atoms with van der Waals surface area (Å²) < 4.78 is 26.0. The van der Waals surface area contributed by atoms with E-state index in [4.69, 9.17) is 0 Å². The number of carboxylic acids is 1. The standard InChI is InChI=1S/C45H71N3O4S/c1-31(2)34-17-22-45(46-25-30-47-26-9-28-48(29-10-27-47)53(8,51)52)24-23-43(6)36(39(34)45)15-16-38-42(5)20-18-35(32-11-13-33(14-12-32)40(49)50)41(3,4)37(42)19-21-44(38,43)7/h11-14,18,31,34,36-39,46H,9-10,15-17,19-30H2,1-8H3,(H,49,50)/t34-,36?,37-,38+,39?,42-,43+,44?,45?/m0/s1. The lowest BCUT2D eigenvalue weighted by molar-refractivity contribution is -0.221. The molecule has 0 amide bonds. The zero-order valence-corrected chi connectivity index (χ0v) is 35.2. The van der Waals surface area contributed by atoms with Crippen LogP contribution in [0, 0.1) is 57.2 Å². The molecule has 7 nitrogen and oxygen atoms in total. The molecule has 5 aliphatic carbocycles. The van der Waals surface area contributed by atoms with Crippen LogP contribution in [0.4, 0.5) is 0 Å². The number of hydrogen-bond acceptors (Lipinski definition) is 5. The number of benzene rings is 1. The van der Waals surface area contributed by atoms with Gasteiger partial charge in [-0.15, -0.1) is 0 Å². The topological polar surface area (TPSA) is 90.0 Å². The Kier molecular flexibility index (Phi) is 10.4. The van der Waals surface area contributed by atoms with Gasteiger partial charge in [-0.1, -0.05) is 66.7 Å². The molecule has 9 atom stereocenters. The summed E-state index contributed by atoms with van der Waals surface area (Å²) in [5.41, 5.74) is 4.10. The molecule has 296 valence electrons. The molecule has 53 heavy (non-hydrogen) atoms. The van der Waals surface area contributed by atoms with Crippen molar-refractivity contribution in [3.8, 4) is 0 Å². The van der Waals surface area contributed by atoms with Gasteiger partial charge in [0.05, 0.1) is 11.8 Å². The fourth-order valence-corrected chi connectivity index (χ4v) is 15.7. The fourth-order valence-electron chi connectivity index (χ4n) is 14.8. The van der Waals surface area contributed by atoms with E-state index in [9.17, 15) is 18.3 Å². The first-order chi connectivity index (χ1) is 24.9. The molecule has 8 heteroatoms. The van der Waals surface area contributed by atoms with Gasteiger partial charge in [-0.05, 0) is 164 Å². The molecule has 1 heterocycles. The first kappa shape index (κ1) is 39.5. The number of fused-ring (bicyclic) bond motifs is 7. The molecular weight excluding hydrogens is 679 g/mol. The second-order valence-corrected chi connectivity index (χ2v) is 22.3. The summed E-state index contributed by atoms with van der Waals surface area (Å²) >= 11 is 0. The Morgan fingerprint density at radius 1 is 0.868 bits per heavy atom. The molecule has 7 rings (SSSR count). The van der Waals surface area contributed by atoms with Gasteiger partial charge < -0.3 is 15.3 Å². The number of rotatable bonds is 8. The van der Waals surface area contributed by atoms with E-state index in [0.29, 0.717) is 47.2 Å². The van der Waals surface area contributed by atoms with E-state index in [1.165, 1.54) is 68.8 Å². The molecule has 0 aromatic heterocycles. The summed E-state index contributed by atoms with van der Waals surface area (Å²) in [7, 11) is -3.11. The van der Waals surface area contributed by atoms with Crippen molar-refractivity contribution in [2.45, 2.75) is 125 Å².